The largest absolute Gasteiger partial charge is 0.444 e. The van der Waals surface area contributed by atoms with Crippen LogP contribution < -0.4 is 5.32 Å². The maximum atomic E-state index is 12.4. The molecule has 7 nitrogen and oxygen atoms in total. The van der Waals surface area contributed by atoms with E-state index in [2.05, 4.69) is 10.3 Å². The van der Waals surface area contributed by atoms with Crippen LogP contribution in [-0.4, -0.2) is 39.8 Å². The highest BCUT2D eigenvalue weighted by Crippen LogP contribution is 2.33. The Morgan fingerprint density at radius 2 is 1.75 bits per heavy atom. The van der Waals surface area contributed by atoms with Gasteiger partial charge in [-0.25, -0.2) is 9.59 Å². The summed E-state index contributed by atoms with van der Waals surface area (Å²) in [7, 11) is 0. The van der Waals surface area contributed by atoms with Crippen molar-refractivity contribution in [3.8, 4) is 0 Å². The number of anilines is 1. The molecule has 0 fully saturated rings. The first kappa shape index (κ1) is 20.0. The van der Waals surface area contributed by atoms with Crippen LogP contribution in [0.15, 0.2) is 18.2 Å². The maximum absolute atomic E-state index is 12.4. The number of amides is 2. The summed E-state index contributed by atoms with van der Waals surface area (Å²) in [4.78, 5) is 29.7. The molecule has 2 N–H and O–H groups in total. The van der Waals surface area contributed by atoms with Gasteiger partial charge in [-0.15, -0.1) is 0 Å². The first-order valence-electron chi connectivity index (χ1n) is 9.53. The van der Waals surface area contributed by atoms with Gasteiger partial charge in [-0.1, -0.05) is 6.07 Å². The van der Waals surface area contributed by atoms with Gasteiger partial charge in [-0.05, 0) is 65.7 Å². The van der Waals surface area contributed by atoms with Gasteiger partial charge >= 0.3 is 12.2 Å². The van der Waals surface area contributed by atoms with Gasteiger partial charge in [0, 0.05) is 23.1 Å². The Bertz CT molecular complexity index is 903. The molecule has 0 saturated carbocycles. The number of benzene rings is 1. The average molecular weight is 387 g/mol. The summed E-state index contributed by atoms with van der Waals surface area (Å²) in [5, 5.41) is 3.82. The number of carbonyl (C=O) groups is 2. The summed E-state index contributed by atoms with van der Waals surface area (Å²) in [6, 6.07) is 5.70. The number of fused-ring (bicyclic) bond motifs is 3. The molecular formula is C21H29N3O4. The standard InChI is InChI=1S/C21H29N3O4/c1-20(2,3)27-18(25)23-15-9-7-8-14-17(15)13-10-11-24(12-16(13)22-14)19(26)28-21(4,5)6/h7-9,22H,10-12H2,1-6H3,(H,23,25). The number of nitrogens with zero attached hydrogens (tertiary/aromatic N) is 1. The Kier molecular flexibility index (Phi) is 5.04. The average Bonchev–Trinajstić information content (AvgIpc) is 2.89. The van der Waals surface area contributed by atoms with E-state index in [1.165, 1.54) is 0 Å². The Labute approximate surface area is 165 Å². The van der Waals surface area contributed by atoms with Gasteiger partial charge in [0.25, 0.3) is 0 Å². The monoisotopic (exact) mass is 387 g/mol. The minimum Gasteiger partial charge on any atom is -0.444 e. The van der Waals surface area contributed by atoms with Crippen molar-refractivity contribution in [2.45, 2.75) is 65.7 Å². The van der Waals surface area contributed by atoms with Crippen LogP contribution in [0.1, 0.15) is 52.8 Å². The van der Waals surface area contributed by atoms with E-state index < -0.39 is 17.3 Å². The fourth-order valence-corrected chi connectivity index (χ4v) is 3.30. The van der Waals surface area contributed by atoms with Crippen molar-refractivity contribution >= 4 is 28.8 Å². The third kappa shape index (κ3) is 4.58. The lowest BCUT2D eigenvalue weighted by Crippen LogP contribution is -2.39. The highest BCUT2D eigenvalue weighted by Gasteiger charge is 2.28. The van der Waals surface area contributed by atoms with E-state index in [0.717, 1.165) is 22.2 Å². The molecule has 0 spiro atoms. The second-order valence-corrected chi connectivity index (χ2v) is 9.09. The van der Waals surface area contributed by atoms with E-state index in [9.17, 15) is 9.59 Å². The summed E-state index contributed by atoms with van der Waals surface area (Å²) >= 11 is 0. The molecule has 0 bridgehead atoms. The summed E-state index contributed by atoms with van der Waals surface area (Å²) < 4.78 is 10.9. The maximum Gasteiger partial charge on any atom is 0.412 e. The van der Waals surface area contributed by atoms with Gasteiger partial charge in [0.15, 0.2) is 0 Å². The number of hydrogen-bond acceptors (Lipinski definition) is 4. The number of rotatable bonds is 1. The van der Waals surface area contributed by atoms with Gasteiger partial charge in [-0.3, -0.25) is 5.32 Å². The highest BCUT2D eigenvalue weighted by atomic mass is 16.6. The van der Waals surface area contributed by atoms with E-state index in [1.807, 2.05) is 59.7 Å². The zero-order chi connectivity index (χ0) is 20.7. The lowest BCUT2D eigenvalue weighted by atomic mass is 10.0. The molecule has 0 saturated heterocycles. The molecule has 2 heterocycles. The molecule has 1 aromatic carbocycles. The number of carbonyl (C=O) groups excluding carboxylic acids is 2. The lowest BCUT2D eigenvalue weighted by Gasteiger charge is -2.30. The van der Waals surface area contributed by atoms with Crippen LogP contribution in [0.2, 0.25) is 0 Å². The van der Waals surface area contributed by atoms with E-state index in [1.54, 1.807) is 4.90 Å². The van der Waals surface area contributed by atoms with Crippen LogP contribution in [0.3, 0.4) is 0 Å². The zero-order valence-electron chi connectivity index (χ0n) is 17.4. The summed E-state index contributed by atoms with van der Waals surface area (Å²) in [5.74, 6) is 0. The number of aromatic amines is 1. The van der Waals surface area contributed by atoms with E-state index in [4.69, 9.17) is 9.47 Å². The number of nitrogens with one attached hydrogen (secondary N) is 2. The molecule has 0 aliphatic carbocycles. The van der Waals surface area contributed by atoms with Gasteiger partial charge in [-0.2, -0.15) is 0 Å². The minimum absolute atomic E-state index is 0.316. The molecule has 2 aromatic rings. The van der Waals surface area contributed by atoms with Crippen molar-refractivity contribution in [1.82, 2.24) is 9.88 Å². The first-order valence-corrected chi connectivity index (χ1v) is 9.53. The lowest BCUT2D eigenvalue weighted by molar-refractivity contribution is 0.0222. The predicted molar refractivity (Wildman–Crippen MR) is 109 cm³/mol. The quantitative estimate of drug-likeness (QED) is 0.736. The molecule has 0 unspecified atom stereocenters. The van der Waals surface area contributed by atoms with Crippen LogP contribution in [0.5, 0.6) is 0 Å². The number of H-pyrrole nitrogens is 1. The van der Waals surface area contributed by atoms with Crippen molar-refractivity contribution in [2.75, 3.05) is 11.9 Å². The smallest absolute Gasteiger partial charge is 0.412 e. The van der Waals surface area contributed by atoms with Gasteiger partial charge in [0.2, 0.25) is 0 Å². The van der Waals surface area contributed by atoms with Gasteiger partial charge in [0.1, 0.15) is 11.2 Å². The predicted octanol–water partition coefficient (Wildman–Crippen LogP) is 4.81. The van der Waals surface area contributed by atoms with Crippen molar-refractivity contribution in [2.24, 2.45) is 0 Å². The van der Waals surface area contributed by atoms with Crippen molar-refractivity contribution in [3.63, 3.8) is 0 Å². The SMILES string of the molecule is CC(C)(C)OC(=O)Nc1cccc2[nH]c3c(c12)CCN(C(=O)OC(C)(C)C)C3. The zero-order valence-corrected chi connectivity index (χ0v) is 17.4. The number of ether oxygens (including phenoxy) is 2. The second kappa shape index (κ2) is 7.04. The molecule has 1 aliphatic rings. The Morgan fingerprint density at radius 1 is 1.07 bits per heavy atom. The molecule has 7 heteroatoms. The Balaban J connectivity index is 1.85. The Morgan fingerprint density at radius 3 is 2.39 bits per heavy atom. The molecule has 152 valence electrons. The molecule has 1 aromatic heterocycles. The Hall–Kier alpha value is -2.70. The fourth-order valence-electron chi connectivity index (χ4n) is 3.30. The molecule has 2 amide bonds. The third-order valence-corrected chi connectivity index (χ3v) is 4.28. The minimum atomic E-state index is -0.566. The van der Waals surface area contributed by atoms with Crippen molar-refractivity contribution in [3.05, 3.63) is 29.5 Å². The first-order chi connectivity index (χ1) is 12.9. The van der Waals surface area contributed by atoms with Crippen LogP contribution in [0.4, 0.5) is 15.3 Å². The molecule has 0 atom stereocenters. The van der Waals surface area contributed by atoms with E-state index >= 15 is 0 Å². The molecular weight excluding hydrogens is 358 g/mol. The highest BCUT2D eigenvalue weighted by molar-refractivity contribution is 6.01. The third-order valence-electron chi connectivity index (χ3n) is 4.28. The molecule has 28 heavy (non-hydrogen) atoms. The normalized spacial score (nSPS) is 14.6. The van der Waals surface area contributed by atoms with Crippen LogP contribution >= 0.6 is 0 Å². The fraction of sp³-hybridized carbons (Fsp3) is 0.524. The summed E-state index contributed by atoms with van der Waals surface area (Å²) in [5.41, 5.74) is 2.61. The topological polar surface area (TPSA) is 83.7 Å². The number of aromatic nitrogens is 1. The summed E-state index contributed by atoms with van der Waals surface area (Å²) in [6.07, 6.45) is -0.119. The molecule has 3 rings (SSSR count). The van der Waals surface area contributed by atoms with E-state index in [0.29, 0.717) is 25.2 Å². The van der Waals surface area contributed by atoms with Crippen LogP contribution in [-0.2, 0) is 22.4 Å². The second-order valence-electron chi connectivity index (χ2n) is 9.09. The van der Waals surface area contributed by atoms with Gasteiger partial charge in [0.05, 0.1) is 12.2 Å². The van der Waals surface area contributed by atoms with Crippen LogP contribution in [0.25, 0.3) is 10.9 Å². The summed E-state index contributed by atoms with van der Waals surface area (Å²) in [6.45, 7) is 12.1. The molecule has 0 radical (unpaired) electrons. The molecule has 1 aliphatic heterocycles. The van der Waals surface area contributed by atoms with Crippen molar-refractivity contribution in [1.29, 1.82) is 0 Å². The van der Waals surface area contributed by atoms with Crippen molar-refractivity contribution < 1.29 is 19.1 Å². The number of hydrogen-bond donors (Lipinski definition) is 2. The van der Waals surface area contributed by atoms with E-state index in [-0.39, 0.29) is 6.09 Å². The van der Waals surface area contributed by atoms with Gasteiger partial charge < -0.3 is 19.4 Å². The van der Waals surface area contributed by atoms with Crippen LogP contribution in [0, 0.1) is 0 Å².